The van der Waals surface area contributed by atoms with Crippen molar-refractivity contribution >= 4 is 5.91 Å². The lowest BCUT2D eigenvalue weighted by Gasteiger charge is -2.16. The molecule has 0 spiro atoms. The molecule has 0 radical (unpaired) electrons. The van der Waals surface area contributed by atoms with Crippen molar-refractivity contribution in [1.29, 1.82) is 0 Å². The van der Waals surface area contributed by atoms with E-state index < -0.39 is 6.10 Å². The van der Waals surface area contributed by atoms with Gasteiger partial charge in [-0.15, -0.1) is 0 Å². The number of methoxy groups -OCH3 is 1. The molecule has 0 aliphatic heterocycles. The van der Waals surface area contributed by atoms with Crippen LogP contribution in [0.1, 0.15) is 18.1 Å². The molecule has 7 heteroatoms. The molecule has 0 saturated heterocycles. The zero-order valence-corrected chi connectivity index (χ0v) is 18.2. The Kier molecular flexibility index (Phi) is 7.07. The number of carbonyl (C=O) groups excluding carboxylic acids is 1. The number of carbonyl (C=O) groups is 1. The summed E-state index contributed by atoms with van der Waals surface area (Å²) >= 11 is 0. The fraction of sp³-hybridized carbons (Fsp3) is 0.292. The number of benzene rings is 2. The van der Waals surface area contributed by atoms with Crippen LogP contribution in [0.3, 0.4) is 0 Å². The minimum Gasteiger partial charge on any atom is -0.497 e. The topological polar surface area (TPSA) is 82.5 Å². The molecule has 0 aliphatic carbocycles. The molecule has 31 heavy (non-hydrogen) atoms. The van der Waals surface area contributed by atoms with Crippen molar-refractivity contribution in [3.8, 4) is 22.8 Å². The van der Waals surface area contributed by atoms with Crippen molar-refractivity contribution in [1.82, 2.24) is 15.1 Å². The van der Waals surface area contributed by atoms with Gasteiger partial charge in [-0.2, -0.15) is 5.10 Å². The van der Waals surface area contributed by atoms with E-state index in [0.29, 0.717) is 17.2 Å². The number of aryl methyl sites for hydroxylation is 2. The van der Waals surface area contributed by atoms with Crippen LogP contribution in [-0.2, 0) is 11.3 Å². The van der Waals surface area contributed by atoms with Gasteiger partial charge < -0.3 is 14.8 Å². The number of hydrogen-bond donors (Lipinski definition) is 1. The highest BCUT2D eigenvalue weighted by molar-refractivity contribution is 5.80. The van der Waals surface area contributed by atoms with Crippen LogP contribution in [0.15, 0.2) is 59.4 Å². The monoisotopic (exact) mass is 421 g/mol. The molecule has 1 amide bonds. The Labute approximate surface area is 181 Å². The van der Waals surface area contributed by atoms with Crippen molar-refractivity contribution in [2.45, 2.75) is 33.4 Å². The SMILES string of the molecule is COc1cccc(-c2ccc(=O)n(CCNC(=O)C(C)Oc3ccc(C)c(C)c3)n2)c1. The molecule has 1 unspecified atom stereocenters. The van der Waals surface area contributed by atoms with E-state index in [1.807, 2.05) is 56.3 Å². The molecule has 1 atom stereocenters. The van der Waals surface area contributed by atoms with Gasteiger partial charge in [0.15, 0.2) is 6.10 Å². The average Bonchev–Trinajstić information content (AvgIpc) is 2.77. The first kappa shape index (κ1) is 22.1. The van der Waals surface area contributed by atoms with Crippen LogP contribution in [0.2, 0.25) is 0 Å². The molecular formula is C24H27N3O4. The molecule has 162 valence electrons. The van der Waals surface area contributed by atoms with Crippen LogP contribution in [0.4, 0.5) is 0 Å². The zero-order chi connectivity index (χ0) is 22.4. The maximum absolute atomic E-state index is 12.4. The van der Waals surface area contributed by atoms with Gasteiger partial charge in [0.1, 0.15) is 11.5 Å². The van der Waals surface area contributed by atoms with Crippen molar-refractivity contribution < 1.29 is 14.3 Å². The summed E-state index contributed by atoms with van der Waals surface area (Å²) in [5.41, 5.74) is 3.52. The summed E-state index contributed by atoms with van der Waals surface area (Å²) in [6.07, 6.45) is -0.657. The Morgan fingerprint density at radius 1 is 1.06 bits per heavy atom. The predicted octanol–water partition coefficient (Wildman–Crippen LogP) is 3.12. The summed E-state index contributed by atoms with van der Waals surface area (Å²) in [6.45, 7) is 6.22. The Morgan fingerprint density at radius 3 is 2.61 bits per heavy atom. The molecule has 1 aromatic heterocycles. The molecular weight excluding hydrogens is 394 g/mol. The largest absolute Gasteiger partial charge is 0.497 e. The fourth-order valence-corrected chi connectivity index (χ4v) is 3.02. The van der Waals surface area contributed by atoms with Gasteiger partial charge >= 0.3 is 0 Å². The minimum atomic E-state index is -0.657. The number of amides is 1. The van der Waals surface area contributed by atoms with E-state index in [-0.39, 0.29) is 24.6 Å². The fourth-order valence-electron chi connectivity index (χ4n) is 3.02. The van der Waals surface area contributed by atoms with Crippen LogP contribution in [0.5, 0.6) is 11.5 Å². The van der Waals surface area contributed by atoms with Gasteiger partial charge in [-0.3, -0.25) is 9.59 Å². The van der Waals surface area contributed by atoms with Crippen LogP contribution >= 0.6 is 0 Å². The van der Waals surface area contributed by atoms with E-state index >= 15 is 0 Å². The standard InChI is InChI=1S/C24H27N3O4/c1-16-8-9-21(14-17(16)2)31-18(3)24(29)25-12-13-27-23(28)11-10-22(26-27)19-6-5-7-20(15-19)30-4/h5-11,14-15,18H,12-13H2,1-4H3,(H,25,29). The van der Waals surface area contributed by atoms with Gasteiger partial charge in [0.05, 0.1) is 19.3 Å². The van der Waals surface area contributed by atoms with Crippen LogP contribution in [0, 0.1) is 13.8 Å². The highest BCUT2D eigenvalue weighted by Gasteiger charge is 2.14. The van der Waals surface area contributed by atoms with Crippen molar-refractivity contribution in [3.05, 3.63) is 76.1 Å². The molecule has 3 aromatic rings. The first-order valence-electron chi connectivity index (χ1n) is 10.1. The van der Waals surface area contributed by atoms with Crippen molar-refractivity contribution in [3.63, 3.8) is 0 Å². The van der Waals surface area contributed by atoms with Gasteiger partial charge in [0, 0.05) is 18.2 Å². The first-order valence-corrected chi connectivity index (χ1v) is 10.1. The number of hydrogen-bond acceptors (Lipinski definition) is 5. The predicted molar refractivity (Wildman–Crippen MR) is 120 cm³/mol. The lowest BCUT2D eigenvalue weighted by molar-refractivity contribution is -0.127. The second-order valence-corrected chi connectivity index (χ2v) is 7.31. The molecule has 3 rings (SSSR count). The van der Waals surface area contributed by atoms with E-state index in [9.17, 15) is 9.59 Å². The molecule has 0 saturated carbocycles. The summed E-state index contributed by atoms with van der Waals surface area (Å²) in [4.78, 5) is 24.5. The van der Waals surface area contributed by atoms with Crippen molar-refractivity contribution in [2.24, 2.45) is 0 Å². The lowest BCUT2D eigenvalue weighted by Crippen LogP contribution is -2.39. The van der Waals surface area contributed by atoms with E-state index in [2.05, 4.69) is 10.4 Å². The summed E-state index contributed by atoms with van der Waals surface area (Å²) < 4.78 is 12.3. The molecule has 0 aliphatic rings. The molecule has 0 fully saturated rings. The second-order valence-electron chi connectivity index (χ2n) is 7.31. The average molecular weight is 421 g/mol. The van der Waals surface area contributed by atoms with E-state index in [1.54, 1.807) is 20.1 Å². The first-order chi connectivity index (χ1) is 14.9. The van der Waals surface area contributed by atoms with Gasteiger partial charge in [0.2, 0.25) is 0 Å². The second kappa shape index (κ2) is 9.93. The smallest absolute Gasteiger partial charge is 0.266 e. The third-order valence-electron chi connectivity index (χ3n) is 5.02. The van der Waals surface area contributed by atoms with Crippen molar-refractivity contribution in [2.75, 3.05) is 13.7 Å². The summed E-state index contributed by atoms with van der Waals surface area (Å²) in [5, 5.41) is 7.21. The molecule has 1 N–H and O–H groups in total. The van der Waals surface area contributed by atoms with Gasteiger partial charge in [-0.1, -0.05) is 18.2 Å². The van der Waals surface area contributed by atoms with Gasteiger partial charge in [-0.05, 0) is 62.2 Å². The normalized spacial score (nSPS) is 11.6. The molecule has 0 bridgehead atoms. The zero-order valence-electron chi connectivity index (χ0n) is 18.2. The Morgan fingerprint density at radius 2 is 1.87 bits per heavy atom. The maximum atomic E-state index is 12.4. The number of rotatable bonds is 8. The van der Waals surface area contributed by atoms with Gasteiger partial charge in [0.25, 0.3) is 11.5 Å². The number of aromatic nitrogens is 2. The summed E-state index contributed by atoms with van der Waals surface area (Å²) in [7, 11) is 1.60. The number of nitrogens with one attached hydrogen (secondary N) is 1. The van der Waals surface area contributed by atoms with E-state index in [1.165, 1.54) is 16.3 Å². The van der Waals surface area contributed by atoms with Crippen LogP contribution in [0.25, 0.3) is 11.3 Å². The van der Waals surface area contributed by atoms with E-state index in [0.717, 1.165) is 11.1 Å². The molecule has 1 heterocycles. The number of nitrogens with zero attached hydrogens (tertiary/aromatic N) is 2. The maximum Gasteiger partial charge on any atom is 0.266 e. The summed E-state index contributed by atoms with van der Waals surface area (Å²) in [5.74, 6) is 1.10. The third-order valence-corrected chi connectivity index (χ3v) is 5.02. The quantitative estimate of drug-likeness (QED) is 0.604. The Hall–Kier alpha value is -3.61. The van der Waals surface area contributed by atoms with E-state index in [4.69, 9.17) is 9.47 Å². The minimum absolute atomic E-state index is 0.236. The molecule has 7 nitrogen and oxygen atoms in total. The lowest BCUT2D eigenvalue weighted by atomic mass is 10.1. The highest BCUT2D eigenvalue weighted by Crippen LogP contribution is 2.21. The molecule has 2 aromatic carbocycles. The Bertz CT molecular complexity index is 1120. The van der Waals surface area contributed by atoms with Crippen LogP contribution < -0.4 is 20.3 Å². The highest BCUT2D eigenvalue weighted by atomic mass is 16.5. The number of ether oxygens (including phenoxy) is 2. The Balaban J connectivity index is 1.59. The third kappa shape index (κ3) is 5.72. The van der Waals surface area contributed by atoms with Gasteiger partial charge in [-0.25, -0.2) is 4.68 Å². The van der Waals surface area contributed by atoms with Crippen LogP contribution in [-0.4, -0.2) is 35.4 Å². The summed E-state index contributed by atoms with van der Waals surface area (Å²) in [6, 6.07) is 16.3.